The molecule has 1 aromatic heterocycles. The topological polar surface area (TPSA) is 37.3 Å². The lowest BCUT2D eigenvalue weighted by atomic mass is 9.97. The Kier molecular flexibility index (Phi) is 3.66. The number of rotatable bonds is 1. The molecule has 0 bridgehead atoms. The van der Waals surface area contributed by atoms with Gasteiger partial charge in [-0.25, -0.2) is 4.79 Å². The number of aryl methyl sites for hydroxylation is 1. The van der Waals surface area contributed by atoms with Crippen LogP contribution in [0.2, 0.25) is 0 Å². The van der Waals surface area contributed by atoms with Crippen molar-refractivity contribution in [3.8, 4) is 0 Å². The molecular weight excluding hydrogens is 323 g/mol. The molecule has 0 spiro atoms. The summed E-state index contributed by atoms with van der Waals surface area (Å²) in [5.41, 5.74) is 1.70. The molecule has 1 heterocycles. The Morgan fingerprint density at radius 2 is 1.87 bits per heavy atom. The zero-order valence-corrected chi connectivity index (χ0v) is 11.4. The Hall–Kier alpha value is -0.100. The lowest BCUT2D eigenvalue weighted by Crippen LogP contribution is -2.04. The molecule has 2 nitrogen and oxygen atoms in total. The van der Waals surface area contributed by atoms with E-state index in [1.165, 1.54) is 24.1 Å². The van der Waals surface area contributed by atoms with E-state index in [0.29, 0.717) is 5.56 Å². The third-order valence-corrected chi connectivity index (χ3v) is 5.12. The summed E-state index contributed by atoms with van der Waals surface area (Å²) in [5, 5.41) is 9.17. The summed E-state index contributed by atoms with van der Waals surface area (Å²) in [6.45, 7) is 0. The lowest BCUT2D eigenvalue weighted by Gasteiger charge is -2.09. The molecule has 0 unspecified atom stereocenters. The normalized spacial score (nSPS) is 16.6. The minimum absolute atomic E-state index is 0.581. The molecule has 0 radical (unpaired) electrons. The molecule has 82 valence electrons. The van der Waals surface area contributed by atoms with Gasteiger partial charge in [0.25, 0.3) is 0 Å². The van der Waals surface area contributed by atoms with Gasteiger partial charge < -0.3 is 5.11 Å². The van der Waals surface area contributed by atoms with Gasteiger partial charge in [-0.05, 0) is 53.8 Å². The molecule has 0 aromatic carbocycles. The van der Waals surface area contributed by atoms with Crippen molar-refractivity contribution in [1.82, 2.24) is 0 Å². The van der Waals surface area contributed by atoms with Crippen molar-refractivity contribution < 1.29 is 9.90 Å². The third-order valence-electron chi connectivity index (χ3n) is 2.84. The first-order chi connectivity index (χ1) is 7.20. The first kappa shape index (κ1) is 11.4. The maximum absolute atomic E-state index is 11.2. The first-order valence-electron chi connectivity index (χ1n) is 5.23. The van der Waals surface area contributed by atoms with Gasteiger partial charge in [0.1, 0.15) is 0 Å². The van der Waals surface area contributed by atoms with Crippen LogP contribution in [0.4, 0.5) is 0 Å². The number of halogens is 1. The molecule has 15 heavy (non-hydrogen) atoms. The highest BCUT2D eigenvalue weighted by Gasteiger charge is 2.22. The lowest BCUT2D eigenvalue weighted by molar-refractivity contribution is 0.0695. The fourth-order valence-electron chi connectivity index (χ4n) is 2.10. The molecule has 0 atom stereocenters. The second-order valence-electron chi connectivity index (χ2n) is 3.87. The monoisotopic (exact) mass is 336 g/mol. The van der Waals surface area contributed by atoms with Gasteiger partial charge in [-0.3, -0.25) is 0 Å². The highest BCUT2D eigenvalue weighted by atomic mass is 127. The highest BCUT2D eigenvalue weighted by Crippen LogP contribution is 2.33. The molecule has 4 heteroatoms. The van der Waals surface area contributed by atoms with Crippen molar-refractivity contribution in [1.29, 1.82) is 0 Å². The van der Waals surface area contributed by atoms with Crippen LogP contribution in [-0.2, 0) is 12.8 Å². The van der Waals surface area contributed by atoms with Gasteiger partial charge in [-0.2, -0.15) is 0 Å². The van der Waals surface area contributed by atoms with Crippen LogP contribution in [0.1, 0.15) is 46.5 Å². The van der Waals surface area contributed by atoms with Crippen LogP contribution in [0.3, 0.4) is 0 Å². The summed E-state index contributed by atoms with van der Waals surface area (Å²) in [7, 11) is 0. The summed E-state index contributed by atoms with van der Waals surface area (Å²) in [4.78, 5) is 12.5. The van der Waals surface area contributed by atoms with Crippen LogP contribution in [0.25, 0.3) is 0 Å². The second kappa shape index (κ2) is 4.82. The number of carboxylic acids is 1. The standard InChI is InChI=1S/C11H13IO2S/c12-10-9(11(13)14)7-5-3-1-2-4-6-8(7)15-10/h1-6H2,(H,13,14). The molecule has 0 saturated carbocycles. The molecule has 1 N–H and O–H groups in total. The Morgan fingerprint density at radius 3 is 2.53 bits per heavy atom. The van der Waals surface area contributed by atoms with Crippen molar-refractivity contribution >= 4 is 39.9 Å². The number of carboxylic acid groups (broad SMARTS) is 1. The predicted molar refractivity (Wildman–Crippen MR) is 69.9 cm³/mol. The maximum Gasteiger partial charge on any atom is 0.337 e. The van der Waals surface area contributed by atoms with Gasteiger partial charge in [0.05, 0.1) is 8.45 Å². The van der Waals surface area contributed by atoms with E-state index in [9.17, 15) is 9.90 Å². The van der Waals surface area contributed by atoms with Crippen LogP contribution in [-0.4, -0.2) is 11.1 Å². The van der Waals surface area contributed by atoms with Gasteiger partial charge in [-0.1, -0.05) is 12.8 Å². The Morgan fingerprint density at radius 1 is 1.20 bits per heavy atom. The van der Waals surface area contributed by atoms with Gasteiger partial charge in [-0.15, -0.1) is 11.3 Å². The van der Waals surface area contributed by atoms with Crippen molar-refractivity contribution in [2.24, 2.45) is 0 Å². The van der Waals surface area contributed by atoms with E-state index >= 15 is 0 Å². The largest absolute Gasteiger partial charge is 0.478 e. The third kappa shape index (κ3) is 2.36. The summed E-state index contributed by atoms with van der Waals surface area (Å²) >= 11 is 3.83. The number of hydrogen-bond acceptors (Lipinski definition) is 2. The average molecular weight is 336 g/mol. The average Bonchev–Trinajstić information content (AvgIpc) is 2.42. The SMILES string of the molecule is O=C(O)c1c(I)sc2c1CCCCCC2. The van der Waals surface area contributed by atoms with E-state index in [1.54, 1.807) is 11.3 Å². The molecule has 0 saturated heterocycles. The van der Waals surface area contributed by atoms with E-state index in [2.05, 4.69) is 22.6 Å². The number of fused-ring (bicyclic) bond motifs is 1. The second-order valence-corrected chi connectivity index (χ2v) is 6.79. The van der Waals surface area contributed by atoms with E-state index in [1.807, 2.05) is 0 Å². The van der Waals surface area contributed by atoms with Crippen molar-refractivity contribution in [3.63, 3.8) is 0 Å². The van der Waals surface area contributed by atoms with E-state index < -0.39 is 5.97 Å². The van der Waals surface area contributed by atoms with Crippen LogP contribution in [0.5, 0.6) is 0 Å². The van der Waals surface area contributed by atoms with E-state index in [-0.39, 0.29) is 0 Å². The minimum atomic E-state index is -0.752. The molecule has 0 fully saturated rings. The molecular formula is C11H13IO2S. The minimum Gasteiger partial charge on any atom is -0.478 e. The van der Waals surface area contributed by atoms with Gasteiger partial charge in [0.15, 0.2) is 0 Å². The zero-order chi connectivity index (χ0) is 10.8. The Labute approximate surface area is 107 Å². The van der Waals surface area contributed by atoms with E-state index in [0.717, 1.165) is 27.7 Å². The van der Waals surface area contributed by atoms with Gasteiger partial charge in [0.2, 0.25) is 0 Å². The summed E-state index contributed by atoms with van der Waals surface area (Å²) < 4.78 is 0.951. The molecule has 1 aliphatic carbocycles. The van der Waals surface area contributed by atoms with Crippen molar-refractivity contribution in [2.45, 2.75) is 38.5 Å². The van der Waals surface area contributed by atoms with Crippen LogP contribution >= 0.6 is 33.9 Å². The first-order valence-corrected chi connectivity index (χ1v) is 7.13. The van der Waals surface area contributed by atoms with Gasteiger partial charge in [0, 0.05) is 4.88 Å². The summed E-state index contributed by atoms with van der Waals surface area (Å²) in [6, 6.07) is 0. The zero-order valence-electron chi connectivity index (χ0n) is 8.38. The summed E-state index contributed by atoms with van der Waals surface area (Å²) in [5.74, 6) is -0.752. The quantitative estimate of drug-likeness (QED) is 0.794. The molecule has 1 aromatic rings. The fraction of sp³-hybridized carbons (Fsp3) is 0.545. The number of hydrogen-bond donors (Lipinski definition) is 1. The maximum atomic E-state index is 11.2. The highest BCUT2D eigenvalue weighted by molar-refractivity contribution is 14.1. The van der Waals surface area contributed by atoms with Crippen LogP contribution in [0, 0.1) is 2.88 Å². The van der Waals surface area contributed by atoms with Gasteiger partial charge >= 0.3 is 5.97 Å². The Bertz CT molecular complexity index is 384. The van der Waals surface area contributed by atoms with E-state index in [4.69, 9.17) is 0 Å². The van der Waals surface area contributed by atoms with Crippen molar-refractivity contribution in [2.75, 3.05) is 0 Å². The predicted octanol–water partition coefficient (Wildman–Crippen LogP) is 3.71. The number of aromatic carboxylic acids is 1. The van der Waals surface area contributed by atoms with Crippen LogP contribution < -0.4 is 0 Å². The molecule has 2 rings (SSSR count). The number of carbonyl (C=O) groups is 1. The smallest absolute Gasteiger partial charge is 0.337 e. The molecule has 1 aliphatic rings. The fourth-order valence-corrected chi connectivity index (χ4v) is 4.56. The molecule has 0 aliphatic heterocycles. The van der Waals surface area contributed by atoms with Crippen molar-refractivity contribution in [3.05, 3.63) is 18.9 Å². The molecule has 0 amide bonds. The summed E-state index contributed by atoms with van der Waals surface area (Å²) in [6.07, 6.45) is 6.91. The number of thiophene rings is 1. The Balaban J connectivity index is 2.43. The van der Waals surface area contributed by atoms with Crippen LogP contribution in [0.15, 0.2) is 0 Å².